The summed E-state index contributed by atoms with van der Waals surface area (Å²) in [4.78, 5) is 0.678. The van der Waals surface area contributed by atoms with Crippen molar-refractivity contribution in [1.29, 1.82) is 0 Å². The SMILES string of the molecule is CC(C)CCOCCS(=O)c1cc(Br)ccc1N. The second-order valence-electron chi connectivity index (χ2n) is 4.53. The summed E-state index contributed by atoms with van der Waals surface area (Å²) in [7, 11) is -1.10. The Hall–Kier alpha value is -0.390. The van der Waals surface area contributed by atoms with Gasteiger partial charge in [0.05, 0.1) is 28.1 Å². The van der Waals surface area contributed by atoms with E-state index in [1.54, 1.807) is 12.1 Å². The molecule has 0 aliphatic rings. The molecule has 0 heterocycles. The largest absolute Gasteiger partial charge is 0.398 e. The zero-order valence-corrected chi connectivity index (χ0v) is 13.2. The fourth-order valence-electron chi connectivity index (χ4n) is 1.37. The zero-order chi connectivity index (χ0) is 13.5. The predicted molar refractivity (Wildman–Crippen MR) is 80.1 cm³/mol. The molecule has 1 unspecified atom stereocenters. The molecule has 1 aromatic rings. The maximum absolute atomic E-state index is 12.0. The quantitative estimate of drug-likeness (QED) is 0.615. The Kier molecular flexibility index (Phi) is 6.89. The molecule has 0 aliphatic heterocycles. The third-order valence-corrected chi connectivity index (χ3v) is 4.35. The zero-order valence-electron chi connectivity index (χ0n) is 10.8. The molecule has 1 rings (SSSR count). The molecule has 18 heavy (non-hydrogen) atoms. The van der Waals surface area contributed by atoms with E-state index in [0.29, 0.717) is 28.9 Å². The van der Waals surface area contributed by atoms with Gasteiger partial charge in [0.25, 0.3) is 0 Å². The van der Waals surface area contributed by atoms with Crippen molar-refractivity contribution in [3.63, 3.8) is 0 Å². The minimum absolute atomic E-state index is 0.485. The lowest BCUT2D eigenvalue weighted by Crippen LogP contribution is -2.09. The molecule has 5 heteroatoms. The number of nitrogens with two attached hydrogens (primary N) is 1. The van der Waals surface area contributed by atoms with Gasteiger partial charge in [0, 0.05) is 16.8 Å². The van der Waals surface area contributed by atoms with Crippen molar-refractivity contribution in [1.82, 2.24) is 0 Å². The van der Waals surface area contributed by atoms with E-state index in [1.165, 1.54) is 0 Å². The molecule has 0 spiro atoms. The van der Waals surface area contributed by atoms with Crippen LogP contribution in [0.4, 0.5) is 5.69 Å². The van der Waals surface area contributed by atoms with Gasteiger partial charge in [-0.25, -0.2) is 0 Å². The number of benzene rings is 1. The van der Waals surface area contributed by atoms with Crippen molar-refractivity contribution < 1.29 is 8.95 Å². The fourth-order valence-corrected chi connectivity index (χ4v) is 2.96. The van der Waals surface area contributed by atoms with Crippen molar-refractivity contribution in [2.75, 3.05) is 24.7 Å². The third kappa shape index (κ3) is 5.50. The van der Waals surface area contributed by atoms with Crippen LogP contribution in [0.3, 0.4) is 0 Å². The van der Waals surface area contributed by atoms with Gasteiger partial charge in [-0.2, -0.15) is 0 Å². The Morgan fingerprint density at radius 1 is 1.39 bits per heavy atom. The molecule has 0 fully saturated rings. The van der Waals surface area contributed by atoms with Crippen LogP contribution in [-0.4, -0.2) is 23.2 Å². The van der Waals surface area contributed by atoms with Crippen LogP contribution >= 0.6 is 15.9 Å². The van der Waals surface area contributed by atoms with Gasteiger partial charge < -0.3 is 10.5 Å². The van der Waals surface area contributed by atoms with Crippen molar-refractivity contribution in [3.05, 3.63) is 22.7 Å². The maximum Gasteiger partial charge on any atom is 0.0629 e. The fraction of sp³-hybridized carbons (Fsp3) is 0.538. The molecule has 0 aromatic heterocycles. The second-order valence-corrected chi connectivity index (χ2v) is 6.98. The van der Waals surface area contributed by atoms with Gasteiger partial charge in [-0.1, -0.05) is 29.8 Å². The molecular formula is C13H20BrNO2S. The van der Waals surface area contributed by atoms with E-state index in [0.717, 1.165) is 17.5 Å². The monoisotopic (exact) mass is 333 g/mol. The summed E-state index contributed by atoms with van der Waals surface area (Å²) in [6.45, 7) is 5.54. The second kappa shape index (κ2) is 7.92. The lowest BCUT2D eigenvalue weighted by atomic mass is 10.1. The van der Waals surface area contributed by atoms with E-state index in [2.05, 4.69) is 29.8 Å². The van der Waals surface area contributed by atoms with Gasteiger partial charge in [0.15, 0.2) is 0 Å². The topological polar surface area (TPSA) is 52.3 Å². The number of ether oxygens (including phenoxy) is 1. The van der Waals surface area contributed by atoms with Crippen LogP contribution in [0.5, 0.6) is 0 Å². The molecule has 0 saturated heterocycles. The minimum Gasteiger partial charge on any atom is -0.398 e. The smallest absolute Gasteiger partial charge is 0.0629 e. The van der Waals surface area contributed by atoms with E-state index in [-0.39, 0.29) is 0 Å². The van der Waals surface area contributed by atoms with Gasteiger partial charge in [0.1, 0.15) is 0 Å². The number of hydrogen-bond donors (Lipinski definition) is 1. The Bertz CT molecular complexity index is 410. The number of nitrogen functional groups attached to an aromatic ring is 1. The van der Waals surface area contributed by atoms with Crippen molar-refractivity contribution in [2.24, 2.45) is 5.92 Å². The Balaban J connectivity index is 2.39. The summed E-state index contributed by atoms with van der Waals surface area (Å²) in [6, 6.07) is 5.41. The molecule has 2 N–H and O–H groups in total. The maximum atomic E-state index is 12.0. The highest BCUT2D eigenvalue weighted by Crippen LogP contribution is 2.21. The van der Waals surface area contributed by atoms with E-state index < -0.39 is 10.8 Å². The molecule has 0 amide bonds. The first-order valence-corrected chi connectivity index (χ1v) is 8.13. The molecule has 0 radical (unpaired) electrons. The van der Waals surface area contributed by atoms with E-state index in [9.17, 15) is 4.21 Å². The molecule has 1 atom stereocenters. The van der Waals surface area contributed by atoms with E-state index in [1.807, 2.05) is 6.07 Å². The Morgan fingerprint density at radius 2 is 2.11 bits per heavy atom. The van der Waals surface area contributed by atoms with Gasteiger partial charge in [-0.05, 0) is 30.5 Å². The molecular weight excluding hydrogens is 314 g/mol. The standard InChI is InChI=1S/C13H20BrNO2S/c1-10(2)5-6-17-7-8-18(16)13-9-11(14)3-4-12(13)15/h3-4,9-10H,5-8,15H2,1-2H3. The summed E-state index contributed by atoms with van der Waals surface area (Å²) in [5, 5.41) is 0. The van der Waals surface area contributed by atoms with Crippen molar-refractivity contribution >= 4 is 32.4 Å². The van der Waals surface area contributed by atoms with E-state index in [4.69, 9.17) is 10.5 Å². The summed E-state index contributed by atoms with van der Waals surface area (Å²) >= 11 is 3.35. The minimum atomic E-state index is -1.10. The number of hydrogen-bond acceptors (Lipinski definition) is 3. The number of rotatable bonds is 7. The summed E-state index contributed by atoms with van der Waals surface area (Å²) in [5.41, 5.74) is 6.37. The van der Waals surface area contributed by atoms with Gasteiger partial charge in [-0.15, -0.1) is 0 Å². The van der Waals surface area contributed by atoms with E-state index >= 15 is 0 Å². The highest BCUT2D eigenvalue weighted by molar-refractivity contribution is 9.10. The molecule has 0 saturated carbocycles. The van der Waals surface area contributed by atoms with Crippen LogP contribution in [0.1, 0.15) is 20.3 Å². The summed E-state index contributed by atoms with van der Waals surface area (Å²) in [6.07, 6.45) is 1.03. The highest BCUT2D eigenvalue weighted by Gasteiger charge is 2.08. The summed E-state index contributed by atoms with van der Waals surface area (Å²) in [5.74, 6) is 1.12. The first-order chi connectivity index (χ1) is 8.50. The normalized spacial score (nSPS) is 12.9. The lowest BCUT2D eigenvalue weighted by Gasteiger charge is -2.08. The average molecular weight is 334 g/mol. The Labute approximate surface area is 120 Å². The lowest BCUT2D eigenvalue weighted by molar-refractivity contribution is 0.138. The van der Waals surface area contributed by atoms with Gasteiger partial charge >= 0.3 is 0 Å². The van der Waals surface area contributed by atoms with Crippen LogP contribution < -0.4 is 5.73 Å². The predicted octanol–water partition coefficient (Wildman–Crippen LogP) is 3.20. The molecule has 102 valence electrons. The molecule has 1 aromatic carbocycles. The third-order valence-electron chi connectivity index (χ3n) is 2.47. The van der Waals surface area contributed by atoms with Crippen LogP contribution in [0, 0.1) is 5.92 Å². The molecule has 3 nitrogen and oxygen atoms in total. The number of anilines is 1. The van der Waals surface area contributed by atoms with Crippen molar-refractivity contribution in [3.8, 4) is 0 Å². The van der Waals surface area contributed by atoms with Crippen molar-refractivity contribution in [2.45, 2.75) is 25.2 Å². The molecule has 0 bridgehead atoms. The first-order valence-electron chi connectivity index (χ1n) is 6.02. The van der Waals surface area contributed by atoms with Crippen LogP contribution in [0.25, 0.3) is 0 Å². The van der Waals surface area contributed by atoms with Crippen LogP contribution in [-0.2, 0) is 15.5 Å². The summed E-state index contributed by atoms with van der Waals surface area (Å²) < 4.78 is 18.4. The van der Waals surface area contributed by atoms with Gasteiger partial charge in [0.2, 0.25) is 0 Å². The number of halogens is 1. The van der Waals surface area contributed by atoms with Crippen LogP contribution in [0.15, 0.2) is 27.6 Å². The highest BCUT2D eigenvalue weighted by atomic mass is 79.9. The molecule has 0 aliphatic carbocycles. The average Bonchev–Trinajstić information content (AvgIpc) is 2.31. The van der Waals surface area contributed by atoms with Crippen LogP contribution in [0.2, 0.25) is 0 Å². The first kappa shape index (κ1) is 15.7. The Morgan fingerprint density at radius 3 is 2.78 bits per heavy atom. The van der Waals surface area contributed by atoms with Gasteiger partial charge in [-0.3, -0.25) is 4.21 Å².